The molecule has 1 saturated heterocycles. The number of anilines is 1. The van der Waals surface area contributed by atoms with Gasteiger partial charge in [0.05, 0.1) is 11.8 Å². The molecule has 7 heteroatoms. The number of urea groups is 1. The minimum atomic E-state index is -1.10. The van der Waals surface area contributed by atoms with Crippen molar-refractivity contribution < 1.29 is 19.4 Å². The van der Waals surface area contributed by atoms with Crippen LogP contribution in [0.25, 0.3) is 0 Å². The SMILES string of the molecule is Cc1cc(NC(=O)N(C)CC2CCCCO2)c(C(=O)O)[nH]1. The van der Waals surface area contributed by atoms with Crippen LogP contribution in [0.4, 0.5) is 10.5 Å². The summed E-state index contributed by atoms with van der Waals surface area (Å²) in [5.41, 5.74) is 0.950. The number of carbonyl (C=O) groups is 2. The van der Waals surface area contributed by atoms with Crippen LogP contribution in [0.5, 0.6) is 0 Å². The predicted octanol–water partition coefficient (Wildman–Crippen LogP) is 2.05. The van der Waals surface area contributed by atoms with Crippen LogP contribution in [-0.4, -0.2) is 53.3 Å². The zero-order valence-corrected chi connectivity index (χ0v) is 12.3. The molecular weight excluding hydrogens is 274 g/mol. The van der Waals surface area contributed by atoms with E-state index in [1.807, 2.05) is 0 Å². The summed E-state index contributed by atoms with van der Waals surface area (Å²) in [5, 5.41) is 11.7. The molecule has 1 aliphatic rings. The maximum Gasteiger partial charge on any atom is 0.354 e. The first-order chi connectivity index (χ1) is 9.97. The number of amides is 2. The van der Waals surface area contributed by atoms with Gasteiger partial charge in [-0.1, -0.05) is 0 Å². The highest BCUT2D eigenvalue weighted by Crippen LogP contribution is 2.18. The molecule has 1 aromatic heterocycles. The molecule has 2 rings (SSSR count). The van der Waals surface area contributed by atoms with Crippen LogP contribution in [0.3, 0.4) is 0 Å². The van der Waals surface area contributed by atoms with Gasteiger partial charge in [-0.05, 0) is 32.3 Å². The third kappa shape index (κ3) is 3.98. The molecule has 0 aliphatic carbocycles. The zero-order chi connectivity index (χ0) is 15.4. The monoisotopic (exact) mass is 295 g/mol. The van der Waals surface area contributed by atoms with E-state index in [1.165, 1.54) is 4.90 Å². The second-order valence-electron chi connectivity index (χ2n) is 5.35. The molecule has 1 aromatic rings. The van der Waals surface area contributed by atoms with Crippen molar-refractivity contribution >= 4 is 17.7 Å². The molecule has 1 atom stereocenters. The average molecular weight is 295 g/mol. The topological polar surface area (TPSA) is 94.7 Å². The van der Waals surface area contributed by atoms with Crippen LogP contribution in [0.2, 0.25) is 0 Å². The van der Waals surface area contributed by atoms with Crippen molar-refractivity contribution in [2.45, 2.75) is 32.3 Å². The van der Waals surface area contributed by atoms with Gasteiger partial charge in [0.2, 0.25) is 0 Å². The molecule has 2 heterocycles. The van der Waals surface area contributed by atoms with Crippen molar-refractivity contribution in [1.29, 1.82) is 0 Å². The van der Waals surface area contributed by atoms with Gasteiger partial charge in [0.15, 0.2) is 0 Å². The lowest BCUT2D eigenvalue weighted by molar-refractivity contribution is 0.00463. The minimum Gasteiger partial charge on any atom is -0.477 e. The summed E-state index contributed by atoms with van der Waals surface area (Å²) in [6.07, 6.45) is 3.18. The molecule has 1 aliphatic heterocycles. The summed E-state index contributed by atoms with van der Waals surface area (Å²) >= 11 is 0. The highest BCUT2D eigenvalue weighted by Gasteiger charge is 2.21. The van der Waals surface area contributed by atoms with E-state index in [9.17, 15) is 9.59 Å². The number of nitrogens with zero attached hydrogens (tertiary/aromatic N) is 1. The molecule has 0 aromatic carbocycles. The highest BCUT2D eigenvalue weighted by atomic mass is 16.5. The van der Waals surface area contributed by atoms with E-state index < -0.39 is 5.97 Å². The Labute approximate surface area is 123 Å². The fourth-order valence-corrected chi connectivity index (χ4v) is 2.41. The van der Waals surface area contributed by atoms with Gasteiger partial charge >= 0.3 is 12.0 Å². The Hall–Kier alpha value is -2.02. The van der Waals surface area contributed by atoms with Gasteiger partial charge in [-0.25, -0.2) is 9.59 Å². The van der Waals surface area contributed by atoms with E-state index in [2.05, 4.69) is 10.3 Å². The van der Waals surface area contributed by atoms with Gasteiger partial charge in [-0.2, -0.15) is 0 Å². The number of ether oxygens (including phenoxy) is 1. The number of carboxylic acid groups (broad SMARTS) is 1. The number of aromatic nitrogens is 1. The van der Waals surface area contributed by atoms with Crippen molar-refractivity contribution in [2.24, 2.45) is 0 Å². The van der Waals surface area contributed by atoms with Crippen molar-refractivity contribution in [3.8, 4) is 0 Å². The first-order valence-electron chi connectivity index (χ1n) is 7.04. The standard InChI is InChI=1S/C14H21N3O4/c1-9-7-11(12(15-9)13(18)19)16-14(20)17(2)8-10-5-3-4-6-21-10/h7,10,15H,3-6,8H2,1-2H3,(H,16,20)(H,18,19). The lowest BCUT2D eigenvalue weighted by Gasteiger charge is -2.27. The van der Waals surface area contributed by atoms with Crippen molar-refractivity contribution in [1.82, 2.24) is 9.88 Å². The summed E-state index contributed by atoms with van der Waals surface area (Å²) in [6.45, 7) is 2.97. The van der Waals surface area contributed by atoms with E-state index in [0.29, 0.717) is 12.2 Å². The number of carboxylic acids is 1. The molecule has 21 heavy (non-hydrogen) atoms. The molecule has 3 N–H and O–H groups in total. The molecule has 1 unspecified atom stereocenters. The number of carbonyl (C=O) groups excluding carboxylic acids is 1. The Morgan fingerprint density at radius 2 is 2.29 bits per heavy atom. The maximum absolute atomic E-state index is 12.1. The molecule has 0 bridgehead atoms. The van der Waals surface area contributed by atoms with Gasteiger partial charge in [0.25, 0.3) is 0 Å². The Morgan fingerprint density at radius 3 is 2.90 bits per heavy atom. The van der Waals surface area contributed by atoms with Gasteiger partial charge in [0, 0.05) is 25.9 Å². The maximum atomic E-state index is 12.1. The highest BCUT2D eigenvalue weighted by molar-refractivity contribution is 5.99. The van der Waals surface area contributed by atoms with Crippen LogP contribution < -0.4 is 5.32 Å². The largest absolute Gasteiger partial charge is 0.477 e. The van der Waals surface area contributed by atoms with E-state index >= 15 is 0 Å². The van der Waals surface area contributed by atoms with E-state index in [4.69, 9.17) is 9.84 Å². The van der Waals surface area contributed by atoms with Crippen LogP contribution in [0.1, 0.15) is 35.4 Å². The van der Waals surface area contributed by atoms with Crippen LogP contribution in [-0.2, 0) is 4.74 Å². The number of aromatic amines is 1. The molecule has 0 spiro atoms. The molecule has 2 amide bonds. The summed E-state index contributed by atoms with van der Waals surface area (Å²) in [6, 6.07) is 1.26. The Balaban J connectivity index is 1.95. The number of hydrogen-bond acceptors (Lipinski definition) is 3. The van der Waals surface area contributed by atoms with Gasteiger partial charge in [-0.3, -0.25) is 0 Å². The smallest absolute Gasteiger partial charge is 0.354 e. The molecule has 0 saturated carbocycles. The third-order valence-electron chi connectivity index (χ3n) is 3.51. The number of nitrogens with one attached hydrogen (secondary N) is 2. The first-order valence-corrected chi connectivity index (χ1v) is 7.04. The predicted molar refractivity (Wildman–Crippen MR) is 77.7 cm³/mol. The van der Waals surface area contributed by atoms with Gasteiger partial charge in [0.1, 0.15) is 5.69 Å². The first kappa shape index (κ1) is 15.4. The quantitative estimate of drug-likeness (QED) is 0.792. The number of likely N-dealkylation sites (N-methyl/N-ethyl adjacent to an activating group) is 1. The van der Waals surface area contributed by atoms with Crippen LogP contribution >= 0.6 is 0 Å². The number of H-pyrrole nitrogens is 1. The zero-order valence-electron chi connectivity index (χ0n) is 12.3. The molecule has 0 radical (unpaired) electrons. The van der Waals surface area contributed by atoms with E-state index in [0.717, 1.165) is 25.9 Å². The second kappa shape index (κ2) is 6.62. The lowest BCUT2D eigenvalue weighted by Crippen LogP contribution is -2.39. The van der Waals surface area contributed by atoms with Crippen LogP contribution in [0.15, 0.2) is 6.07 Å². The Kier molecular flexibility index (Phi) is 4.85. The average Bonchev–Trinajstić information content (AvgIpc) is 2.81. The Morgan fingerprint density at radius 1 is 1.52 bits per heavy atom. The minimum absolute atomic E-state index is 0.0110. The van der Waals surface area contributed by atoms with Crippen molar-refractivity contribution in [3.63, 3.8) is 0 Å². The van der Waals surface area contributed by atoms with E-state index in [-0.39, 0.29) is 23.5 Å². The Bertz CT molecular complexity index is 520. The van der Waals surface area contributed by atoms with Gasteiger partial charge in [-0.15, -0.1) is 0 Å². The van der Waals surface area contributed by atoms with Crippen molar-refractivity contribution in [2.75, 3.05) is 25.5 Å². The fourth-order valence-electron chi connectivity index (χ4n) is 2.41. The summed E-state index contributed by atoms with van der Waals surface area (Å²) < 4.78 is 5.59. The fraction of sp³-hybridized carbons (Fsp3) is 0.571. The third-order valence-corrected chi connectivity index (χ3v) is 3.51. The number of aromatic carboxylic acids is 1. The summed E-state index contributed by atoms with van der Waals surface area (Å²) in [4.78, 5) is 27.4. The molecule has 7 nitrogen and oxygen atoms in total. The number of aryl methyl sites for hydroxylation is 1. The number of rotatable bonds is 4. The van der Waals surface area contributed by atoms with E-state index in [1.54, 1.807) is 20.0 Å². The normalized spacial score (nSPS) is 18.3. The van der Waals surface area contributed by atoms with Crippen LogP contribution in [0, 0.1) is 6.92 Å². The van der Waals surface area contributed by atoms with Gasteiger partial charge < -0.3 is 25.0 Å². The lowest BCUT2D eigenvalue weighted by atomic mass is 10.1. The molecule has 1 fully saturated rings. The van der Waals surface area contributed by atoms with Crippen molar-refractivity contribution in [3.05, 3.63) is 17.5 Å². The molecular formula is C14H21N3O4. The summed E-state index contributed by atoms with van der Waals surface area (Å²) in [7, 11) is 1.67. The molecule has 116 valence electrons. The second-order valence-corrected chi connectivity index (χ2v) is 5.35. The summed E-state index contributed by atoms with van der Waals surface area (Å²) in [5.74, 6) is -1.10. The number of hydrogen-bond donors (Lipinski definition) is 3.